The Morgan fingerprint density at radius 3 is 1.86 bits per heavy atom. The van der Waals surface area contributed by atoms with Crippen LogP contribution in [0.2, 0.25) is 0 Å². The van der Waals surface area contributed by atoms with Gasteiger partial charge in [-0.2, -0.15) is 0 Å². The monoisotopic (exact) mass is 304 g/mol. The third-order valence-corrected chi connectivity index (χ3v) is 4.24. The van der Waals surface area contributed by atoms with Crippen LogP contribution in [0.25, 0.3) is 11.1 Å². The second-order valence-electron chi connectivity index (χ2n) is 4.59. The highest BCUT2D eigenvalue weighted by atomic mass is 31.1. The molecule has 1 unspecified atom stereocenters. The van der Waals surface area contributed by atoms with E-state index in [2.05, 4.69) is 12.1 Å². The molecule has 0 amide bonds. The fourth-order valence-corrected chi connectivity index (χ4v) is 3.10. The number of hydrogen-bond acceptors (Lipinski definition) is 3. The first-order valence-corrected chi connectivity index (χ1v) is 8.20. The van der Waals surface area contributed by atoms with Crippen molar-refractivity contribution in [3.63, 3.8) is 0 Å². The van der Waals surface area contributed by atoms with Crippen LogP contribution in [0.1, 0.15) is 19.4 Å². The summed E-state index contributed by atoms with van der Waals surface area (Å²) in [7, 11) is -1.24. The second kappa shape index (κ2) is 7.56. The van der Waals surface area contributed by atoms with Crippen molar-refractivity contribution < 1.29 is 14.0 Å². The molecule has 0 aliphatic rings. The highest BCUT2D eigenvalue weighted by Gasteiger charge is 2.32. The molecule has 0 saturated carbocycles. The first-order valence-electron chi connectivity index (χ1n) is 7.16. The van der Waals surface area contributed by atoms with Crippen LogP contribution >= 0.6 is 8.46 Å². The molecule has 2 aromatic rings. The molecule has 0 radical (unpaired) electrons. The molecule has 0 N–H and O–H groups in total. The summed E-state index contributed by atoms with van der Waals surface area (Å²) in [5.74, 6) is 0. The van der Waals surface area contributed by atoms with Crippen molar-refractivity contribution in [1.29, 1.82) is 0 Å². The quantitative estimate of drug-likeness (QED) is 0.565. The van der Waals surface area contributed by atoms with E-state index in [0.29, 0.717) is 13.2 Å². The van der Waals surface area contributed by atoms with Gasteiger partial charge in [0.25, 0.3) is 0 Å². The Hall–Kier alpha value is -1.41. The van der Waals surface area contributed by atoms with E-state index in [0.717, 1.165) is 16.7 Å². The van der Waals surface area contributed by atoms with Crippen molar-refractivity contribution in [2.24, 2.45) is 0 Å². The maximum Gasteiger partial charge on any atom is 0.243 e. The molecule has 0 bridgehead atoms. The van der Waals surface area contributed by atoms with Gasteiger partial charge in [-0.25, -0.2) is 0 Å². The van der Waals surface area contributed by atoms with Crippen molar-refractivity contribution in [2.45, 2.75) is 19.4 Å². The van der Waals surface area contributed by atoms with Crippen molar-refractivity contribution in [3.8, 4) is 11.1 Å². The second-order valence-corrected chi connectivity index (χ2v) is 5.59. The minimum Gasteiger partial charge on any atom is -0.341 e. The minimum atomic E-state index is -1.24. The molecule has 21 heavy (non-hydrogen) atoms. The van der Waals surface area contributed by atoms with Crippen molar-refractivity contribution in [3.05, 3.63) is 60.2 Å². The fourth-order valence-electron chi connectivity index (χ4n) is 2.30. The SMILES string of the molecule is CCOC(OCC)([PH2]=O)c1ccc(-c2ccccc2)cc1. The summed E-state index contributed by atoms with van der Waals surface area (Å²) in [6.07, 6.45) is 0. The number of benzene rings is 2. The largest absolute Gasteiger partial charge is 0.341 e. The van der Waals surface area contributed by atoms with Gasteiger partial charge in [0.1, 0.15) is 8.46 Å². The van der Waals surface area contributed by atoms with Gasteiger partial charge < -0.3 is 14.0 Å². The van der Waals surface area contributed by atoms with E-state index in [-0.39, 0.29) is 0 Å². The van der Waals surface area contributed by atoms with Gasteiger partial charge in [0.15, 0.2) is 0 Å². The molecule has 2 aromatic carbocycles. The molecule has 0 saturated heterocycles. The van der Waals surface area contributed by atoms with E-state index in [1.807, 2.05) is 56.3 Å². The third kappa shape index (κ3) is 3.62. The first-order chi connectivity index (χ1) is 10.3. The maximum atomic E-state index is 11.7. The lowest BCUT2D eigenvalue weighted by Crippen LogP contribution is -2.27. The van der Waals surface area contributed by atoms with Crippen LogP contribution in [0.4, 0.5) is 0 Å². The molecule has 2 rings (SSSR count). The van der Waals surface area contributed by atoms with Crippen molar-refractivity contribution in [2.75, 3.05) is 13.2 Å². The molecule has 4 heteroatoms. The van der Waals surface area contributed by atoms with E-state index < -0.39 is 14.0 Å². The fraction of sp³-hybridized carbons (Fsp3) is 0.294. The van der Waals surface area contributed by atoms with Crippen LogP contribution in [-0.2, 0) is 19.6 Å². The van der Waals surface area contributed by atoms with Crippen LogP contribution in [0.5, 0.6) is 0 Å². The van der Waals surface area contributed by atoms with Gasteiger partial charge in [-0.1, -0.05) is 54.6 Å². The van der Waals surface area contributed by atoms with Gasteiger partial charge in [-0.15, -0.1) is 0 Å². The molecule has 0 heterocycles. The van der Waals surface area contributed by atoms with Crippen LogP contribution in [0, 0.1) is 0 Å². The molecule has 0 aromatic heterocycles. The molecule has 0 fully saturated rings. The zero-order valence-corrected chi connectivity index (χ0v) is 13.6. The van der Waals surface area contributed by atoms with E-state index >= 15 is 0 Å². The summed E-state index contributed by atoms with van der Waals surface area (Å²) < 4.78 is 23.0. The Balaban J connectivity index is 2.33. The highest BCUT2D eigenvalue weighted by molar-refractivity contribution is 7.24. The van der Waals surface area contributed by atoms with Gasteiger partial charge in [0.05, 0.1) is 0 Å². The summed E-state index contributed by atoms with van der Waals surface area (Å²) in [6, 6.07) is 18.0. The van der Waals surface area contributed by atoms with Crippen LogP contribution in [-0.4, -0.2) is 13.2 Å². The lowest BCUT2D eigenvalue weighted by atomic mass is 10.0. The zero-order chi connectivity index (χ0) is 15.1. The Morgan fingerprint density at radius 1 is 0.857 bits per heavy atom. The van der Waals surface area contributed by atoms with Crippen LogP contribution < -0.4 is 0 Å². The predicted molar refractivity (Wildman–Crippen MR) is 87.2 cm³/mol. The predicted octanol–water partition coefficient (Wildman–Crippen LogP) is 4.29. The minimum absolute atomic E-state index is 0.454. The third-order valence-electron chi connectivity index (χ3n) is 3.27. The molecule has 3 nitrogen and oxygen atoms in total. The average Bonchev–Trinajstić information content (AvgIpc) is 2.55. The van der Waals surface area contributed by atoms with E-state index in [9.17, 15) is 4.57 Å². The molecular weight excluding hydrogens is 283 g/mol. The van der Waals surface area contributed by atoms with Gasteiger partial charge >= 0.3 is 0 Å². The standard InChI is InChI=1S/C17H21O3P/c1-3-19-17(21-18,20-4-2)16-12-10-15(11-13-16)14-8-6-5-7-9-14/h5-13H,3-4,21H2,1-2H3. The summed E-state index contributed by atoms with van der Waals surface area (Å²) in [4.78, 5) is 0. The maximum absolute atomic E-state index is 11.7. The molecule has 0 spiro atoms. The lowest BCUT2D eigenvalue weighted by molar-refractivity contribution is -0.176. The summed E-state index contributed by atoms with van der Waals surface area (Å²) >= 11 is 0. The van der Waals surface area contributed by atoms with Gasteiger partial charge in [-0.3, -0.25) is 0 Å². The normalized spacial score (nSPS) is 12.1. The van der Waals surface area contributed by atoms with Crippen molar-refractivity contribution in [1.82, 2.24) is 0 Å². The topological polar surface area (TPSA) is 35.5 Å². The summed E-state index contributed by atoms with van der Waals surface area (Å²) in [5.41, 5.74) is 1.97. The van der Waals surface area contributed by atoms with E-state index in [4.69, 9.17) is 9.47 Å². The molecule has 0 aliphatic heterocycles. The Morgan fingerprint density at radius 2 is 1.38 bits per heavy atom. The van der Waals surface area contributed by atoms with E-state index in [1.165, 1.54) is 0 Å². The Kier molecular flexibility index (Phi) is 5.75. The Bertz CT molecular complexity index is 560. The van der Waals surface area contributed by atoms with E-state index in [1.54, 1.807) is 0 Å². The van der Waals surface area contributed by atoms with Crippen molar-refractivity contribution >= 4 is 8.46 Å². The smallest absolute Gasteiger partial charge is 0.243 e. The molecular formula is C17H21O3P. The first kappa shape index (κ1) is 16.0. The van der Waals surface area contributed by atoms with Gasteiger partial charge in [0.2, 0.25) is 5.53 Å². The molecule has 0 aliphatic carbocycles. The number of rotatable bonds is 7. The summed E-state index contributed by atoms with van der Waals surface area (Å²) in [5, 5.41) is 0. The highest BCUT2D eigenvalue weighted by Crippen LogP contribution is 2.38. The van der Waals surface area contributed by atoms with Gasteiger partial charge in [-0.05, 0) is 25.0 Å². The zero-order valence-electron chi connectivity index (χ0n) is 12.4. The average molecular weight is 304 g/mol. The van der Waals surface area contributed by atoms with Crippen LogP contribution in [0.15, 0.2) is 54.6 Å². The molecule has 112 valence electrons. The Labute approximate surface area is 127 Å². The van der Waals surface area contributed by atoms with Crippen LogP contribution in [0.3, 0.4) is 0 Å². The number of ether oxygens (including phenoxy) is 2. The summed E-state index contributed by atoms with van der Waals surface area (Å²) in [6.45, 7) is 4.66. The number of hydrogen-bond donors (Lipinski definition) is 0. The lowest BCUT2D eigenvalue weighted by Gasteiger charge is -2.28. The van der Waals surface area contributed by atoms with Gasteiger partial charge in [0, 0.05) is 18.8 Å². The molecule has 1 atom stereocenters.